The number of unbranched alkanes of at least 4 members (excludes halogenated alkanes) is 12. The van der Waals surface area contributed by atoms with Gasteiger partial charge in [0.2, 0.25) is 5.91 Å². The molecule has 20 heteroatoms. The Morgan fingerprint density at radius 2 is 1.36 bits per heavy atom. The number of ether oxygens (including phenoxy) is 11. The topological polar surface area (TPSA) is 243 Å². The molecule has 89 heavy (non-hydrogen) atoms. The van der Waals surface area contributed by atoms with Crippen LogP contribution in [0, 0.1) is 11.8 Å². The van der Waals surface area contributed by atoms with Crippen LogP contribution in [0.15, 0.2) is 23.8 Å². The molecule has 11 aliphatic heterocycles. The van der Waals surface area contributed by atoms with Crippen molar-refractivity contribution in [3.8, 4) is 0 Å². The highest BCUT2D eigenvalue weighted by Crippen LogP contribution is 2.55. The largest absolute Gasteiger partial charge is 0.480 e. The minimum Gasteiger partial charge on any atom is -0.480 e. The summed E-state index contributed by atoms with van der Waals surface area (Å²) < 4.78 is 90.0. The minimum absolute atomic E-state index is 0.0192. The maximum atomic E-state index is 13.5. The van der Waals surface area contributed by atoms with Gasteiger partial charge in [-0.2, -0.15) is 0 Å². The number of hydrogen-bond donors (Lipinski definition) is 4. The second-order valence-electron chi connectivity index (χ2n) is 30.2. The molecule has 11 heterocycles. The van der Waals surface area contributed by atoms with E-state index in [9.17, 15) is 33.9 Å². The molecule has 4 N–H and O–H groups in total. The number of esters is 1. The lowest BCUT2D eigenvalue weighted by atomic mass is 9.72. The molecule has 0 bridgehead atoms. The third-order valence-corrected chi connectivity index (χ3v) is 24.4. The van der Waals surface area contributed by atoms with Crippen molar-refractivity contribution in [3.63, 3.8) is 0 Å². The SMILES string of the molecule is CCCCCCCCCCCCCCCC(=O)NC(CS(=O)CC(CO)CC1CC(O)C2(C)OC3CC4OC5CC6(C)OC7(C)CCC8OC9CC%10(C)OC%11C(C)=CC(=O)OC%11CC%10OC9CC(C)C8OC7CC6OC5(C)CC=CC4OC3CC2O1)C(=O)O. The van der Waals surface area contributed by atoms with Gasteiger partial charge in [-0.1, -0.05) is 103 Å². The standard InChI is InChI=1S/C69H109NO18S/c1-9-10-11-12-13-14-15-16-17-18-19-20-21-24-60(73)70-45(64(75)76)40-89(77)39-43(38-71)30-44-31-54(72)69(8)58(78-44)33-50-51(85-69)32-49-46(79-50)23-22-26-65(4)59(82-49)37-68(7)57(86-65)35-56-66(5,88-68)27-25-47-62(84-56)41(2)28-48-53(80-47)36-67(6)55(81-48)34-52-63(87-67)42(3)29-61(74)83-52/h22-23,29,41,43-59,62-63,71-72H,9-21,24-28,30-40H2,1-8H3,(H,70,73)(H,75,76). The quantitative estimate of drug-likeness (QED) is 0.0423. The summed E-state index contributed by atoms with van der Waals surface area (Å²) in [6.07, 6.45) is 22.5. The molecule has 19 nitrogen and oxygen atoms in total. The molecule has 0 aliphatic carbocycles. The summed E-state index contributed by atoms with van der Waals surface area (Å²) >= 11 is 0. The molecule has 9 fully saturated rings. The van der Waals surface area contributed by atoms with E-state index in [4.69, 9.17) is 52.1 Å². The summed E-state index contributed by atoms with van der Waals surface area (Å²) in [7, 11) is -1.67. The van der Waals surface area contributed by atoms with Gasteiger partial charge in [-0.25, -0.2) is 9.59 Å². The lowest BCUT2D eigenvalue weighted by Crippen LogP contribution is -2.70. The van der Waals surface area contributed by atoms with Crippen molar-refractivity contribution in [2.75, 3.05) is 18.1 Å². The molecule has 0 aromatic heterocycles. The van der Waals surface area contributed by atoms with E-state index in [-0.39, 0.29) is 128 Å². The predicted octanol–water partition coefficient (Wildman–Crippen LogP) is 9.12. The number of aliphatic carboxylic acids is 1. The van der Waals surface area contributed by atoms with Crippen LogP contribution < -0.4 is 5.32 Å². The Morgan fingerprint density at radius 1 is 0.674 bits per heavy atom. The second kappa shape index (κ2) is 28.5. The fourth-order valence-electron chi connectivity index (χ4n) is 17.5. The van der Waals surface area contributed by atoms with E-state index in [1.807, 2.05) is 13.8 Å². The Hall–Kier alpha value is -2.44. The lowest BCUT2D eigenvalue weighted by molar-refractivity contribution is -0.356. The summed E-state index contributed by atoms with van der Waals surface area (Å²) in [5.41, 5.74) is -2.77. The van der Waals surface area contributed by atoms with Crippen molar-refractivity contribution in [3.05, 3.63) is 23.8 Å². The first kappa shape index (κ1) is 68.0. The van der Waals surface area contributed by atoms with Crippen molar-refractivity contribution in [1.82, 2.24) is 5.32 Å². The molecular formula is C69H109NO18S. The number of aliphatic hydroxyl groups is 2. The molecule has 0 aromatic carbocycles. The van der Waals surface area contributed by atoms with Crippen LogP contribution >= 0.6 is 0 Å². The number of nitrogens with one attached hydrogen (secondary N) is 1. The molecule has 0 aromatic rings. The number of hydrogen-bond acceptors (Lipinski definition) is 17. The van der Waals surface area contributed by atoms with Gasteiger partial charge < -0.3 is 72.7 Å². The molecular weight excluding hydrogens is 1160 g/mol. The summed E-state index contributed by atoms with van der Waals surface area (Å²) in [5, 5.41) is 35.0. The van der Waals surface area contributed by atoms with E-state index in [0.29, 0.717) is 57.8 Å². The smallest absolute Gasteiger partial charge is 0.331 e. The fraction of sp³-hybridized carbons (Fsp3) is 0.899. The predicted molar refractivity (Wildman–Crippen MR) is 331 cm³/mol. The van der Waals surface area contributed by atoms with Gasteiger partial charge in [0.1, 0.15) is 30.0 Å². The average molecular weight is 1270 g/mol. The maximum absolute atomic E-state index is 13.5. The molecule has 0 saturated carbocycles. The first-order valence-electron chi connectivity index (χ1n) is 34.9. The molecule has 26 atom stereocenters. The molecule has 26 unspecified atom stereocenters. The Balaban J connectivity index is 0.651. The van der Waals surface area contributed by atoms with Crippen LogP contribution in [0.25, 0.3) is 0 Å². The Bertz CT molecular complexity index is 2540. The van der Waals surface area contributed by atoms with E-state index in [1.54, 1.807) is 0 Å². The first-order chi connectivity index (χ1) is 42.5. The normalized spacial score (nSPS) is 45.0. The molecule has 11 rings (SSSR count). The molecule has 9 saturated heterocycles. The highest BCUT2D eigenvalue weighted by Gasteiger charge is 2.64. The molecule has 0 radical (unpaired) electrons. The van der Waals surface area contributed by atoms with Gasteiger partial charge in [-0.05, 0) is 97.5 Å². The first-order valence-corrected chi connectivity index (χ1v) is 36.4. The molecule has 11 aliphatic rings. The van der Waals surface area contributed by atoms with Crippen molar-refractivity contribution < 1.29 is 86.0 Å². The van der Waals surface area contributed by atoms with Gasteiger partial charge in [-0.3, -0.25) is 9.00 Å². The molecule has 0 spiro atoms. The third kappa shape index (κ3) is 15.2. The van der Waals surface area contributed by atoms with Crippen LogP contribution in [0.2, 0.25) is 0 Å². The van der Waals surface area contributed by atoms with Crippen molar-refractivity contribution in [2.24, 2.45) is 11.8 Å². The molecule has 504 valence electrons. The highest BCUT2D eigenvalue weighted by molar-refractivity contribution is 7.85. The average Bonchev–Trinajstić information content (AvgIpc) is 1.67. The van der Waals surface area contributed by atoms with Gasteiger partial charge in [0.05, 0.1) is 114 Å². The highest BCUT2D eigenvalue weighted by atomic mass is 32.2. The van der Waals surface area contributed by atoms with E-state index in [0.717, 1.165) is 44.1 Å². The molecule has 1 amide bonds. The van der Waals surface area contributed by atoms with Gasteiger partial charge in [0, 0.05) is 80.6 Å². The van der Waals surface area contributed by atoms with Crippen LogP contribution in [0.5, 0.6) is 0 Å². The van der Waals surface area contributed by atoms with E-state index >= 15 is 0 Å². The van der Waals surface area contributed by atoms with E-state index in [1.165, 1.54) is 63.9 Å². The van der Waals surface area contributed by atoms with Crippen LogP contribution in [0.3, 0.4) is 0 Å². The van der Waals surface area contributed by atoms with Crippen LogP contribution in [-0.4, -0.2) is 193 Å². The van der Waals surface area contributed by atoms with Crippen LogP contribution in [0.4, 0.5) is 0 Å². The summed E-state index contributed by atoms with van der Waals surface area (Å²) in [5.74, 6) is -2.54. The third-order valence-electron chi connectivity index (χ3n) is 22.9. The van der Waals surface area contributed by atoms with Crippen molar-refractivity contribution in [2.45, 2.75) is 360 Å². The van der Waals surface area contributed by atoms with Gasteiger partial charge in [0.25, 0.3) is 0 Å². The number of amides is 1. The van der Waals surface area contributed by atoms with E-state index in [2.05, 4.69) is 59.0 Å². The number of carboxylic acids is 1. The van der Waals surface area contributed by atoms with E-state index < -0.39 is 81.1 Å². The number of carbonyl (C=O) groups is 3. The van der Waals surface area contributed by atoms with Gasteiger partial charge >= 0.3 is 11.9 Å². The van der Waals surface area contributed by atoms with Crippen LogP contribution in [-0.2, 0) is 77.3 Å². The van der Waals surface area contributed by atoms with Crippen molar-refractivity contribution in [1.29, 1.82) is 0 Å². The minimum atomic E-state index is -1.67. The lowest BCUT2D eigenvalue weighted by Gasteiger charge is -2.60. The second-order valence-corrected chi connectivity index (χ2v) is 31.8. The Labute approximate surface area is 531 Å². The van der Waals surface area contributed by atoms with Gasteiger partial charge in [-0.15, -0.1) is 0 Å². The van der Waals surface area contributed by atoms with Gasteiger partial charge in [0.15, 0.2) is 0 Å². The number of carbonyl (C=O) groups excluding carboxylic acids is 2. The van der Waals surface area contributed by atoms with Crippen molar-refractivity contribution >= 4 is 28.6 Å². The zero-order chi connectivity index (χ0) is 63.0. The maximum Gasteiger partial charge on any atom is 0.331 e. The zero-order valence-corrected chi connectivity index (χ0v) is 55.5. The van der Waals surface area contributed by atoms with Crippen LogP contribution in [0.1, 0.15) is 222 Å². The fourth-order valence-corrected chi connectivity index (χ4v) is 19.0. The summed E-state index contributed by atoms with van der Waals surface area (Å²) in [6.45, 7) is 16.7. The number of rotatable bonds is 23. The monoisotopic (exact) mass is 1270 g/mol. The summed E-state index contributed by atoms with van der Waals surface area (Å²) in [6, 6.07) is -1.30. The summed E-state index contributed by atoms with van der Waals surface area (Å²) in [4.78, 5) is 37.4. The Kier molecular flexibility index (Phi) is 21.7. The number of fused-ring (bicyclic) bond motifs is 10. The number of aliphatic hydroxyl groups excluding tert-OH is 2. The number of carboxylic acid groups (broad SMARTS) is 1. The zero-order valence-electron chi connectivity index (χ0n) is 54.7. The Morgan fingerprint density at radius 3 is 2.08 bits per heavy atom.